The highest BCUT2D eigenvalue weighted by atomic mass is 27.2. The smallest absolute Gasteiger partial charge is 0.463 e. The van der Waals surface area contributed by atoms with Crippen LogP contribution in [-0.2, 0) is 8.53 Å². The van der Waals surface area contributed by atoms with Crippen molar-refractivity contribution in [2.75, 3.05) is 6.61 Å². The van der Waals surface area contributed by atoms with Crippen LogP contribution in [0.3, 0.4) is 0 Å². The Bertz CT molecular complexity index is 210. The summed E-state index contributed by atoms with van der Waals surface area (Å²) in [6, 6.07) is 0. The number of hydrogen-bond donors (Lipinski definition) is 0. The van der Waals surface area contributed by atoms with E-state index in [-0.39, 0.29) is 6.61 Å². The van der Waals surface area contributed by atoms with Crippen LogP contribution in [0.1, 0.15) is 34.6 Å². The van der Waals surface area contributed by atoms with Gasteiger partial charge in [0, 0.05) is 6.61 Å². The van der Waals surface area contributed by atoms with Gasteiger partial charge in [0.25, 0.3) is 0 Å². The van der Waals surface area contributed by atoms with E-state index in [4.69, 9.17) is 3.79 Å². The summed E-state index contributed by atoms with van der Waals surface area (Å²) in [6.07, 6.45) is -6.48. The summed E-state index contributed by atoms with van der Waals surface area (Å²) in [5.41, 5.74) is 0. The number of ether oxygens (including phenoxy) is 1. The molecule has 1 unspecified atom stereocenters. The van der Waals surface area contributed by atoms with Gasteiger partial charge < -0.3 is 8.53 Å². The Labute approximate surface area is 113 Å². The molecule has 0 saturated carbocycles. The van der Waals surface area contributed by atoms with E-state index in [1.165, 1.54) is 0 Å². The predicted octanol–water partition coefficient (Wildman–Crippen LogP) is 4.23. The summed E-state index contributed by atoms with van der Waals surface area (Å²) in [5.74, 6) is 0.715. The molecule has 0 bridgehead atoms. The molecule has 0 amide bonds. The molecule has 0 aromatic rings. The van der Waals surface area contributed by atoms with Gasteiger partial charge in [-0.15, -0.1) is 0 Å². The van der Waals surface area contributed by atoms with Crippen LogP contribution in [0.25, 0.3) is 0 Å². The zero-order chi connectivity index (χ0) is 14.3. The molecule has 0 spiro atoms. The number of alkyl halides is 3. The second-order valence-corrected chi connectivity index (χ2v) is 7.81. The highest BCUT2D eigenvalue weighted by molar-refractivity contribution is 6.52. The zero-order valence-electron chi connectivity index (χ0n) is 11.9. The van der Waals surface area contributed by atoms with Crippen molar-refractivity contribution in [1.29, 1.82) is 0 Å². The molecule has 1 atom stereocenters. The lowest BCUT2D eigenvalue weighted by Gasteiger charge is -2.26. The van der Waals surface area contributed by atoms with Crippen LogP contribution in [0.2, 0.25) is 10.6 Å². The van der Waals surface area contributed by atoms with Crippen molar-refractivity contribution in [1.82, 2.24) is 0 Å². The number of hydrogen-bond acceptors (Lipinski definition) is 2. The third-order valence-electron chi connectivity index (χ3n) is 2.37. The van der Waals surface area contributed by atoms with Crippen LogP contribution in [0, 0.1) is 11.8 Å². The second-order valence-electron chi connectivity index (χ2n) is 5.35. The van der Waals surface area contributed by atoms with Gasteiger partial charge in [-0.2, -0.15) is 13.2 Å². The fraction of sp³-hybridized carbons (Fsp3) is 1.00. The summed E-state index contributed by atoms with van der Waals surface area (Å²) in [7, 11) is 0. The van der Waals surface area contributed by atoms with E-state index in [0.29, 0.717) is 11.8 Å². The molecule has 0 N–H and O–H groups in total. The molecule has 2 nitrogen and oxygen atoms in total. The van der Waals surface area contributed by atoms with E-state index in [2.05, 4.69) is 4.74 Å². The molecule has 0 aromatic heterocycles. The molecular weight excluding hydrogens is 260 g/mol. The van der Waals surface area contributed by atoms with E-state index < -0.39 is 26.9 Å². The van der Waals surface area contributed by atoms with Gasteiger partial charge in [-0.1, -0.05) is 50.1 Å². The van der Waals surface area contributed by atoms with Crippen LogP contribution < -0.4 is 0 Å². The van der Waals surface area contributed by atoms with Crippen LogP contribution in [0.15, 0.2) is 0 Å². The van der Waals surface area contributed by atoms with Crippen molar-refractivity contribution >= 4 is 14.5 Å². The largest absolute Gasteiger partial charge is 0.471 e. The fourth-order valence-electron chi connectivity index (χ4n) is 1.80. The van der Waals surface area contributed by atoms with Crippen LogP contribution in [0.4, 0.5) is 13.2 Å². The van der Waals surface area contributed by atoms with Gasteiger partial charge >= 0.3 is 20.7 Å². The minimum atomic E-state index is -4.44. The van der Waals surface area contributed by atoms with Gasteiger partial charge in [0.2, 0.25) is 6.29 Å². The monoisotopic (exact) mass is 284 g/mol. The predicted molar refractivity (Wildman–Crippen MR) is 67.6 cm³/mol. The van der Waals surface area contributed by atoms with Crippen LogP contribution >= 0.6 is 0 Å². The molecule has 0 aromatic carbocycles. The first-order chi connectivity index (χ1) is 8.16. The van der Waals surface area contributed by atoms with Crippen molar-refractivity contribution in [3.05, 3.63) is 0 Å². The fourth-order valence-corrected chi connectivity index (χ4v) is 4.90. The minimum Gasteiger partial charge on any atom is -0.471 e. The van der Waals surface area contributed by atoms with Crippen molar-refractivity contribution in [2.24, 2.45) is 11.8 Å². The number of halogens is 3. The average Bonchev–Trinajstić information content (AvgIpc) is 2.13. The van der Waals surface area contributed by atoms with Gasteiger partial charge in [-0.25, -0.2) is 0 Å². The molecule has 0 aliphatic heterocycles. The summed E-state index contributed by atoms with van der Waals surface area (Å²) in [6.45, 7) is 9.58. The Morgan fingerprint density at radius 3 is 1.72 bits per heavy atom. The van der Waals surface area contributed by atoms with Gasteiger partial charge in [-0.3, -0.25) is 0 Å². The third-order valence-corrected chi connectivity index (χ3v) is 5.94. The van der Waals surface area contributed by atoms with Gasteiger partial charge in [0.1, 0.15) is 0 Å². The molecule has 0 saturated heterocycles. The Kier molecular flexibility index (Phi) is 8.53. The SMILES string of the molecule is CCOC([O][Al]([CH2]C(C)C)[CH2]C(C)C)C(F)(F)F. The van der Waals surface area contributed by atoms with E-state index in [1.54, 1.807) is 6.92 Å². The lowest BCUT2D eigenvalue weighted by atomic mass is 10.3. The number of rotatable bonds is 8. The first-order valence-corrected chi connectivity index (χ1v) is 8.61. The zero-order valence-corrected chi connectivity index (χ0v) is 13.0. The highest BCUT2D eigenvalue weighted by Crippen LogP contribution is 2.27. The van der Waals surface area contributed by atoms with E-state index >= 15 is 0 Å². The lowest BCUT2D eigenvalue weighted by molar-refractivity contribution is -0.283. The Morgan fingerprint density at radius 1 is 1.00 bits per heavy atom. The maximum absolute atomic E-state index is 12.7. The summed E-state index contributed by atoms with van der Waals surface area (Å²) < 4.78 is 48.1. The van der Waals surface area contributed by atoms with Crippen molar-refractivity contribution in [3.63, 3.8) is 0 Å². The Morgan fingerprint density at radius 2 is 1.44 bits per heavy atom. The molecule has 0 aliphatic carbocycles. The highest BCUT2D eigenvalue weighted by Gasteiger charge is 2.43. The lowest BCUT2D eigenvalue weighted by Crippen LogP contribution is -2.40. The van der Waals surface area contributed by atoms with Crippen molar-refractivity contribution in [2.45, 2.75) is 57.7 Å². The van der Waals surface area contributed by atoms with Crippen LogP contribution in [-0.4, -0.2) is 33.6 Å². The molecule has 18 heavy (non-hydrogen) atoms. The third kappa shape index (κ3) is 8.36. The summed E-state index contributed by atoms with van der Waals surface area (Å²) in [5, 5.41) is 1.50. The summed E-state index contributed by atoms with van der Waals surface area (Å²) >= 11 is -1.88. The first-order valence-electron chi connectivity index (χ1n) is 6.50. The maximum atomic E-state index is 12.7. The maximum Gasteiger partial charge on any atom is 0.463 e. The Hall–Kier alpha value is 0.242. The topological polar surface area (TPSA) is 18.5 Å². The molecule has 0 heterocycles. The molecule has 108 valence electrons. The standard InChI is InChI=1S/C4H6F3O2.2C4H9.Al/c1-2-9-3(8)4(5,6)7;2*1-4(2)3;/h3H,2H2,1H3;2*4H,1H2,2-3H3;/q-1;;;+1. The van der Waals surface area contributed by atoms with Crippen molar-refractivity contribution < 1.29 is 21.7 Å². The molecule has 6 heteroatoms. The van der Waals surface area contributed by atoms with E-state index in [1.807, 2.05) is 27.7 Å². The summed E-state index contributed by atoms with van der Waals surface area (Å²) in [4.78, 5) is 0. The molecule has 0 fully saturated rings. The quantitative estimate of drug-likeness (QED) is 0.490. The average molecular weight is 284 g/mol. The van der Waals surface area contributed by atoms with Gasteiger partial charge in [0.05, 0.1) is 0 Å². The van der Waals surface area contributed by atoms with Crippen LogP contribution in [0.5, 0.6) is 0 Å². The van der Waals surface area contributed by atoms with Gasteiger partial charge in [-0.05, 0) is 6.92 Å². The second kappa shape index (κ2) is 8.42. The van der Waals surface area contributed by atoms with E-state index in [0.717, 1.165) is 10.6 Å². The Balaban J connectivity index is 4.58. The molecule has 0 rings (SSSR count). The normalized spacial score (nSPS) is 14.3. The minimum absolute atomic E-state index is 0.00859. The molecule has 0 radical (unpaired) electrons. The molecular formula is C12H24AlF3O2. The van der Waals surface area contributed by atoms with E-state index in [9.17, 15) is 13.2 Å². The van der Waals surface area contributed by atoms with Gasteiger partial charge in [0.15, 0.2) is 0 Å². The molecule has 0 aliphatic rings. The first kappa shape index (κ1) is 18.2. The van der Waals surface area contributed by atoms with Crippen molar-refractivity contribution in [3.8, 4) is 0 Å².